The van der Waals surface area contributed by atoms with Crippen molar-refractivity contribution >= 4 is 11.8 Å². The Labute approximate surface area is 116 Å². The standard InChI is InChI=1S/C15H28N2O2/c1-6-12(7-2)11(4)17-10-9-13(18)16-15(5,8-3)14(17)19/h11-12H,6-10H2,1-5H3,(H,16,18). The molecule has 0 bridgehead atoms. The second kappa shape index (κ2) is 6.40. The molecule has 0 radical (unpaired) electrons. The lowest BCUT2D eigenvalue weighted by atomic mass is 9.91. The maximum Gasteiger partial charge on any atom is 0.248 e. The second-order valence-electron chi connectivity index (χ2n) is 5.80. The smallest absolute Gasteiger partial charge is 0.248 e. The second-order valence-corrected chi connectivity index (χ2v) is 5.80. The summed E-state index contributed by atoms with van der Waals surface area (Å²) in [6.45, 7) is 10.8. The van der Waals surface area contributed by atoms with Gasteiger partial charge in [-0.25, -0.2) is 0 Å². The summed E-state index contributed by atoms with van der Waals surface area (Å²) in [6, 6.07) is 0.195. The molecule has 110 valence electrons. The van der Waals surface area contributed by atoms with Gasteiger partial charge < -0.3 is 10.2 Å². The Morgan fingerprint density at radius 1 is 1.26 bits per heavy atom. The summed E-state index contributed by atoms with van der Waals surface area (Å²) in [5.41, 5.74) is -0.742. The molecule has 1 aliphatic heterocycles. The van der Waals surface area contributed by atoms with E-state index in [1.165, 1.54) is 0 Å². The van der Waals surface area contributed by atoms with E-state index in [-0.39, 0.29) is 17.9 Å². The van der Waals surface area contributed by atoms with Crippen molar-refractivity contribution in [2.45, 2.75) is 71.9 Å². The van der Waals surface area contributed by atoms with Crippen molar-refractivity contribution in [2.75, 3.05) is 6.54 Å². The molecule has 0 aromatic carbocycles. The van der Waals surface area contributed by atoms with Gasteiger partial charge in [-0.2, -0.15) is 0 Å². The first-order chi connectivity index (χ1) is 8.89. The molecule has 0 aromatic heterocycles. The van der Waals surface area contributed by atoms with Crippen molar-refractivity contribution in [1.82, 2.24) is 10.2 Å². The number of carbonyl (C=O) groups excluding carboxylic acids is 2. The zero-order valence-electron chi connectivity index (χ0n) is 13.0. The summed E-state index contributed by atoms with van der Waals surface area (Å²) in [6.07, 6.45) is 3.16. The van der Waals surface area contributed by atoms with E-state index in [1.54, 1.807) is 0 Å². The number of rotatable bonds is 5. The van der Waals surface area contributed by atoms with Crippen molar-refractivity contribution < 1.29 is 9.59 Å². The highest BCUT2D eigenvalue weighted by atomic mass is 16.2. The van der Waals surface area contributed by atoms with Crippen LogP contribution < -0.4 is 5.32 Å². The van der Waals surface area contributed by atoms with Gasteiger partial charge in [-0.15, -0.1) is 0 Å². The van der Waals surface area contributed by atoms with E-state index in [1.807, 2.05) is 18.7 Å². The van der Waals surface area contributed by atoms with Crippen molar-refractivity contribution in [3.8, 4) is 0 Å². The zero-order valence-corrected chi connectivity index (χ0v) is 13.0. The van der Waals surface area contributed by atoms with Gasteiger partial charge >= 0.3 is 0 Å². The highest BCUT2D eigenvalue weighted by molar-refractivity contribution is 5.93. The van der Waals surface area contributed by atoms with Gasteiger partial charge in [0, 0.05) is 19.0 Å². The molecule has 19 heavy (non-hydrogen) atoms. The Balaban J connectivity index is 2.99. The van der Waals surface area contributed by atoms with Crippen LogP contribution in [0.1, 0.15) is 60.3 Å². The minimum atomic E-state index is -0.742. The normalized spacial score (nSPS) is 26.3. The molecule has 0 aromatic rings. The molecule has 1 heterocycles. The van der Waals surface area contributed by atoms with E-state index in [9.17, 15) is 9.59 Å². The third kappa shape index (κ3) is 3.28. The number of hydrogen-bond acceptors (Lipinski definition) is 2. The maximum absolute atomic E-state index is 12.7. The lowest BCUT2D eigenvalue weighted by Crippen LogP contribution is -2.57. The first-order valence-corrected chi connectivity index (χ1v) is 7.51. The first-order valence-electron chi connectivity index (χ1n) is 7.51. The van der Waals surface area contributed by atoms with E-state index in [0.717, 1.165) is 12.8 Å². The Hall–Kier alpha value is -1.06. The van der Waals surface area contributed by atoms with Crippen LogP contribution in [0.5, 0.6) is 0 Å². The van der Waals surface area contributed by atoms with E-state index < -0.39 is 5.54 Å². The fourth-order valence-corrected chi connectivity index (χ4v) is 2.92. The van der Waals surface area contributed by atoms with Gasteiger partial charge in [0.05, 0.1) is 0 Å². The summed E-state index contributed by atoms with van der Waals surface area (Å²) >= 11 is 0. The van der Waals surface area contributed by atoms with Crippen molar-refractivity contribution in [3.05, 3.63) is 0 Å². The highest BCUT2D eigenvalue weighted by Crippen LogP contribution is 2.25. The number of amides is 2. The SMILES string of the molecule is CCC(CC)C(C)N1CCC(=O)NC(C)(CC)C1=O. The average Bonchev–Trinajstić information content (AvgIpc) is 2.50. The number of nitrogens with one attached hydrogen (secondary N) is 1. The summed E-state index contributed by atoms with van der Waals surface area (Å²) in [4.78, 5) is 26.4. The summed E-state index contributed by atoms with van der Waals surface area (Å²) in [7, 11) is 0. The van der Waals surface area contributed by atoms with Crippen LogP contribution in [0.25, 0.3) is 0 Å². The van der Waals surface area contributed by atoms with Gasteiger partial charge in [-0.1, -0.05) is 33.6 Å². The molecular weight excluding hydrogens is 240 g/mol. The maximum atomic E-state index is 12.7. The fraction of sp³-hybridized carbons (Fsp3) is 0.867. The quantitative estimate of drug-likeness (QED) is 0.832. The molecule has 1 aliphatic rings. The predicted octanol–water partition coefficient (Wildman–Crippen LogP) is 2.33. The molecular formula is C15H28N2O2. The van der Waals surface area contributed by atoms with E-state index in [4.69, 9.17) is 0 Å². The fourth-order valence-electron chi connectivity index (χ4n) is 2.92. The molecule has 1 rings (SSSR count). The molecule has 2 atom stereocenters. The Morgan fingerprint density at radius 3 is 2.32 bits per heavy atom. The van der Waals surface area contributed by atoms with E-state index in [2.05, 4.69) is 26.1 Å². The number of nitrogens with zero attached hydrogens (tertiary/aromatic N) is 1. The molecule has 0 aliphatic carbocycles. The first kappa shape index (κ1) is 16.0. The average molecular weight is 268 g/mol. The predicted molar refractivity (Wildman–Crippen MR) is 76.7 cm³/mol. The van der Waals surface area contributed by atoms with Crippen molar-refractivity contribution in [2.24, 2.45) is 5.92 Å². The summed E-state index contributed by atoms with van der Waals surface area (Å²) in [5.74, 6) is 0.551. The lowest BCUT2D eigenvalue weighted by Gasteiger charge is -2.37. The van der Waals surface area contributed by atoms with Crippen LogP contribution in [0.2, 0.25) is 0 Å². The van der Waals surface area contributed by atoms with Crippen LogP contribution in [0.15, 0.2) is 0 Å². The Kier molecular flexibility index (Phi) is 5.39. The molecule has 4 nitrogen and oxygen atoms in total. The van der Waals surface area contributed by atoms with Crippen LogP contribution in [0.3, 0.4) is 0 Å². The zero-order chi connectivity index (χ0) is 14.6. The molecule has 0 spiro atoms. The van der Waals surface area contributed by atoms with E-state index >= 15 is 0 Å². The van der Waals surface area contributed by atoms with Gasteiger partial charge in [-0.05, 0) is 26.2 Å². The Morgan fingerprint density at radius 2 is 1.84 bits per heavy atom. The largest absolute Gasteiger partial charge is 0.342 e. The van der Waals surface area contributed by atoms with Gasteiger partial charge in [0.15, 0.2) is 0 Å². The van der Waals surface area contributed by atoms with Crippen LogP contribution in [-0.2, 0) is 9.59 Å². The molecule has 1 N–H and O–H groups in total. The minimum absolute atomic E-state index is 0.0167. The number of hydrogen-bond donors (Lipinski definition) is 1. The topological polar surface area (TPSA) is 49.4 Å². The molecule has 4 heteroatoms. The van der Waals surface area contributed by atoms with Crippen LogP contribution in [-0.4, -0.2) is 34.8 Å². The monoisotopic (exact) mass is 268 g/mol. The molecule has 1 saturated heterocycles. The molecule has 2 amide bonds. The lowest BCUT2D eigenvalue weighted by molar-refractivity contribution is -0.141. The van der Waals surface area contributed by atoms with Gasteiger partial charge in [0.25, 0.3) is 0 Å². The van der Waals surface area contributed by atoms with Crippen LogP contribution in [0, 0.1) is 5.92 Å². The van der Waals surface area contributed by atoms with Gasteiger partial charge in [0.2, 0.25) is 11.8 Å². The van der Waals surface area contributed by atoms with Gasteiger partial charge in [0.1, 0.15) is 5.54 Å². The van der Waals surface area contributed by atoms with E-state index in [0.29, 0.717) is 25.3 Å². The molecule has 1 fully saturated rings. The van der Waals surface area contributed by atoms with Crippen LogP contribution in [0.4, 0.5) is 0 Å². The minimum Gasteiger partial charge on any atom is -0.342 e. The van der Waals surface area contributed by atoms with Crippen molar-refractivity contribution in [3.63, 3.8) is 0 Å². The summed E-state index contributed by atoms with van der Waals surface area (Å²) in [5, 5.41) is 2.88. The third-order valence-electron chi connectivity index (χ3n) is 4.66. The van der Waals surface area contributed by atoms with Crippen LogP contribution >= 0.6 is 0 Å². The Bertz CT molecular complexity index is 339. The molecule has 2 unspecified atom stereocenters. The molecule has 0 saturated carbocycles. The number of carbonyl (C=O) groups is 2. The van der Waals surface area contributed by atoms with Crippen molar-refractivity contribution in [1.29, 1.82) is 0 Å². The third-order valence-corrected chi connectivity index (χ3v) is 4.66. The highest BCUT2D eigenvalue weighted by Gasteiger charge is 2.41. The summed E-state index contributed by atoms with van der Waals surface area (Å²) < 4.78 is 0. The van der Waals surface area contributed by atoms with Gasteiger partial charge in [-0.3, -0.25) is 9.59 Å².